The van der Waals surface area contributed by atoms with E-state index in [0.717, 1.165) is 24.8 Å². The third-order valence-electron chi connectivity index (χ3n) is 5.87. The Labute approximate surface area is 195 Å². The average Bonchev–Trinajstić information content (AvgIpc) is 2.73. The number of nitrogens with one attached hydrogen (secondary N) is 1. The standard InChI is InChI=1S/C27H44N2O3/c1-8-20(9-2)18-22(16-15-21-13-11-10-12-14-21)24(26(31)32-27(5,6)7)23(17-19(3)4)25(30)29-28/h10-16,19-20,22-24H,8-9,17-18,28H2,1-7H3,(H,29,30)/b16-15+/t22?,23-,24+/m1/s1. The van der Waals surface area contributed by atoms with Gasteiger partial charge in [0.05, 0.1) is 11.8 Å². The van der Waals surface area contributed by atoms with E-state index >= 15 is 0 Å². The van der Waals surface area contributed by atoms with Crippen molar-refractivity contribution in [3.8, 4) is 0 Å². The average molecular weight is 445 g/mol. The van der Waals surface area contributed by atoms with Crippen LogP contribution in [0, 0.1) is 29.6 Å². The van der Waals surface area contributed by atoms with Crippen molar-refractivity contribution >= 4 is 18.0 Å². The molecule has 0 bridgehead atoms. The van der Waals surface area contributed by atoms with E-state index < -0.39 is 17.4 Å². The van der Waals surface area contributed by atoms with Crippen molar-refractivity contribution in [3.05, 3.63) is 42.0 Å². The van der Waals surface area contributed by atoms with Crippen LogP contribution in [-0.2, 0) is 14.3 Å². The first kappa shape index (κ1) is 27.9. The summed E-state index contributed by atoms with van der Waals surface area (Å²) >= 11 is 0. The topological polar surface area (TPSA) is 81.4 Å². The molecular weight excluding hydrogens is 400 g/mol. The highest BCUT2D eigenvalue weighted by atomic mass is 16.6. The minimum Gasteiger partial charge on any atom is -0.460 e. The number of allylic oxidation sites excluding steroid dienone is 1. The molecule has 0 saturated carbocycles. The number of carbonyl (C=O) groups excluding carboxylic acids is 2. The van der Waals surface area contributed by atoms with Gasteiger partial charge in [0.2, 0.25) is 5.91 Å². The van der Waals surface area contributed by atoms with Crippen molar-refractivity contribution in [3.63, 3.8) is 0 Å². The molecule has 0 radical (unpaired) electrons. The number of rotatable bonds is 12. The molecule has 0 spiro atoms. The first-order chi connectivity index (χ1) is 15.0. The highest BCUT2D eigenvalue weighted by Crippen LogP contribution is 2.36. The van der Waals surface area contributed by atoms with Crippen LogP contribution < -0.4 is 11.3 Å². The molecule has 0 aliphatic carbocycles. The van der Waals surface area contributed by atoms with Gasteiger partial charge in [-0.3, -0.25) is 15.0 Å². The minimum atomic E-state index is -0.639. The maximum atomic E-state index is 13.5. The molecule has 1 aromatic rings. The zero-order valence-electron chi connectivity index (χ0n) is 21.1. The number of esters is 1. The summed E-state index contributed by atoms with van der Waals surface area (Å²) in [6.45, 7) is 14.0. The van der Waals surface area contributed by atoms with E-state index in [9.17, 15) is 9.59 Å². The Bertz CT molecular complexity index is 718. The smallest absolute Gasteiger partial charge is 0.310 e. The van der Waals surface area contributed by atoms with Gasteiger partial charge >= 0.3 is 5.97 Å². The molecule has 0 saturated heterocycles. The first-order valence-electron chi connectivity index (χ1n) is 12.0. The van der Waals surface area contributed by atoms with Gasteiger partial charge in [0.1, 0.15) is 5.60 Å². The van der Waals surface area contributed by atoms with Crippen LogP contribution in [0.2, 0.25) is 0 Å². The molecular formula is C27H44N2O3. The second-order valence-corrected chi connectivity index (χ2v) is 10.2. The number of hydrogen-bond acceptors (Lipinski definition) is 4. The molecule has 5 heteroatoms. The van der Waals surface area contributed by atoms with Crippen molar-refractivity contribution in [1.82, 2.24) is 5.43 Å². The largest absolute Gasteiger partial charge is 0.460 e. The molecule has 1 amide bonds. The number of hydrazine groups is 1. The maximum Gasteiger partial charge on any atom is 0.310 e. The highest BCUT2D eigenvalue weighted by molar-refractivity contribution is 5.85. The Balaban J connectivity index is 3.51. The lowest BCUT2D eigenvalue weighted by atomic mass is 9.73. The summed E-state index contributed by atoms with van der Waals surface area (Å²) in [5, 5.41) is 0. The van der Waals surface area contributed by atoms with E-state index in [2.05, 4.69) is 45.3 Å². The molecule has 5 nitrogen and oxygen atoms in total. The third-order valence-corrected chi connectivity index (χ3v) is 5.87. The van der Waals surface area contributed by atoms with Crippen molar-refractivity contribution in [2.45, 2.75) is 79.8 Å². The van der Waals surface area contributed by atoms with Crippen LogP contribution in [0.1, 0.15) is 79.7 Å². The Morgan fingerprint density at radius 1 is 1.06 bits per heavy atom. The fourth-order valence-electron chi connectivity index (χ4n) is 4.19. The van der Waals surface area contributed by atoms with Crippen LogP contribution in [0.25, 0.3) is 6.08 Å². The predicted molar refractivity (Wildman–Crippen MR) is 132 cm³/mol. The summed E-state index contributed by atoms with van der Waals surface area (Å²) in [7, 11) is 0. The van der Waals surface area contributed by atoms with Crippen LogP contribution in [0.3, 0.4) is 0 Å². The zero-order valence-corrected chi connectivity index (χ0v) is 21.1. The zero-order chi connectivity index (χ0) is 24.3. The van der Waals surface area contributed by atoms with Crippen LogP contribution in [-0.4, -0.2) is 17.5 Å². The molecule has 0 fully saturated rings. The van der Waals surface area contributed by atoms with E-state index in [1.165, 1.54) is 0 Å². The number of benzene rings is 1. The molecule has 32 heavy (non-hydrogen) atoms. The van der Waals surface area contributed by atoms with Gasteiger partial charge in [0, 0.05) is 0 Å². The SMILES string of the molecule is CCC(CC)CC(/C=C/c1ccccc1)[C@H](C(=O)OC(C)(C)C)[C@@H](CC(C)C)C(=O)NN. The number of carbonyl (C=O) groups is 2. The van der Waals surface area contributed by atoms with Gasteiger partial charge in [-0.25, -0.2) is 5.84 Å². The molecule has 0 aliphatic rings. The second kappa shape index (κ2) is 13.4. The number of hydrogen-bond donors (Lipinski definition) is 2. The van der Waals surface area contributed by atoms with E-state index in [-0.39, 0.29) is 23.7 Å². The number of ether oxygens (including phenoxy) is 1. The van der Waals surface area contributed by atoms with Crippen molar-refractivity contribution in [2.24, 2.45) is 35.4 Å². The van der Waals surface area contributed by atoms with E-state index in [1.54, 1.807) is 0 Å². The first-order valence-corrected chi connectivity index (χ1v) is 12.0. The van der Waals surface area contributed by atoms with Crippen LogP contribution >= 0.6 is 0 Å². The van der Waals surface area contributed by atoms with E-state index in [1.807, 2.05) is 51.1 Å². The van der Waals surface area contributed by atoms with Gasteiger partial charge in [-0.2, -0.15) is 0 Å². The third kappa shape index (κ3) is 9.56. The van der Waals surface area contributed by atoms with Gasteiger partial charge in [0.25, 0.3) is 0 Å². The number of amides is 1. The fourth-order valence-corrected chi connectivity index (χ4v) is 4.19. The molecule has 3 atom stereocenters. The van der Waals surface area contributed by atoms with Gasteiger partial charge < -0.3 is 4.74 Å². The Morgan fingerprint density at radius 2 is 1.66 bits per heavy atom. The van der Waals surface area contributed by atoms with Crippen LogP contribution in [0.15, 0.2) is 36.4 Å². The summed E-state index contributed by atoms with van der Waals surface area (Å²) < 4.78 is 5.85. The van der Waals surface area contributed by atoms with Crippen LogP contribution in [0.5, 0.6) is 0 Å². The quantitative estimate of drug-likeness (QED) is 0.186. The number of nitrogens with two attached hydrogens (primary N) is 1. The van der Waals surface area contributed by atoms with E-state index in [0.29, 0.717) is 12.3 Å². The predicted octanol–water partition coefficient (Wildman–Crippen LogP) is 5.75. The normalized spacial score (nSPS) is 15.1. The van der Waals surface area contributed by atoms with Crippen molar-refractivity contribution in [1.29, 1.82) is 0 Å². The molecule has 0 heterocycles. The lowest BCUT2D eigenvalue weighted by Gasteiger charge is -2.34. The molecule has 3 N–H and O–H groups in total. The second-order valence-electron chi connectivity index (χ2n) is 10.2. The molecule has 0 aliphatic heterocycles. The Kier molecular flexibility index (Phi) is 11.7. The summed E-state index contributed by atoms with van der Waals surface area (Å²) in [4.78, 5) is 26.4. The van der Waals surface area contributed by atoms with Crippen LogP contribution in [0.4, 0.5) is 0 Å². The van der Waals surface area contributed by atoms with Crippen molar-refractivity contribution in [2.75, 3.05) is 0 Å². The fraction of sp³-hybridized carbons (Fsp3) is 0.630. The van der Waals surface area contributed by atoms with Gasteiger partial charge in [-0.05, 0) is 56.9 Å². The van der Waals surface area contributed by atoms with Crippen molar-refractivity contribution < 1.29 is 14.3 Å². The Morgan fingerprint density at radius 3 is 2.12 bits per heavy atom. The summed E-state index contributed by atoms with van der Waals surface area (Å²) in [6, 6.07) is 10.0. The summed E-state index contributed by atoms with van der Waals surface area (Å²) in [5.41, 5.74) is 2.73. The molecule has 0 aromatic heterocycles. The Hall–Kier alpha value is -2.14. The van der Waals surface area contributed by atoms with Gasteiger partial charge in [-0.1, -0.05) is 83.0 Å². The van der Waals surface area contributed by atoms with E-state index in [4.69, 9.17) is 10.6 Å². The molecule has 180 valence electrons. The van der Waals surface area contributed by atoms with Gasteiger partial charge in [-0.15, -0.1) is 0 Å². The highest BCUT2D eigenvalue weighted by Gasteiger charge is 2.41. The minimum absolute atomic E-state index is 0.143. The monoisotopic (exact) mass is 444 g/mol. The molecule has 1 rings (SSSR count). The summed E-state index contributed by atoms with van der Waals surface area (Å²) in [6.07, 6.45) is 7.56. The molecule has 1 aromatic carbocycles. The molecule has 1 unspecified atom stereocenters. The summed E-state index contributed by atoms with van der Waals surface area (Å²) in [5.74, 6) is 4.29. The maximum absolute atomic E-state index is 13.5. The lowest BCUT2D eigenvalue weighted by Crippen LogP contribution is -2.46. The van der Waals surface area contributed by atoms with Gasteiger partial charge in [0.15, 0.2) is 0 Å². The lowest BCUT2D eigenvalue weighted by molar-refractivity contribution is -0.166.